The molecule has 0 aliphatic carbocycles. The van der Waals surface area contributed by atoms with Gasteiger partial charge in [-0.2, -0.15) is 0 Å². The van der Waals surface area contributed by atoms with Crippen LogP contribution < -0.4 is 10.2 Å². The van der Waals surface area contributed by atoms with Crippen molar-refractivity contribution in [3.8, 4) is 0 Å². The molecule has 1 N–H and O–H groups in total. The minimum Gasteiger partial charge on any atom is -0.363 e. The van der Waals surface area contributed by atoms with Gasteiger partial charge in [-0.05, 0) is 36.0 Å². The third-order valence-corrected chi connectivity index (χ3v) is 3.96. The smallest absolute Gasteiger partial charge is 0.295 e. The topological polar surface area (TPSA) is 49.4 Å². The van der Waals surface area contributed by atoms with E-state index in [0.29, 0.717) is 5.69 Å². The van der Waals surface area contributed by atoms with E-state index in [4.69, 9.17) is 0 Å². The number of benzene rings is 2. The number of nitrogens with zero attached hydrogens (tertiary/aromatic N) is 1. The van der Waals surface area contributed by atoms with Crippen molar-refractivity contribution in [3.05, 3.63) is 60.4 Å². The fraction of sp³-hybridized carbons (Fsp3) is 0.0667. The highest BCUT2D eigenvalue weighted by Gasteiger charge is 2.40. The number of para-hydroxylation sites is 2. The van der Waals surface area contributed by atoms with Gasteiger partial charge in [0.15, 0.2) is 5.37 Å². The van der Waals surface area contributed by atoms with Crippen molar-refractivity contribution < 1.29 is 14.0 Å². The van der Waals surface area contributed by atoms with E-state index in [1.807, 2.05) is 0 Å². The molecule has 1 saturated heterocycles. The zero-order valence-electron chi connectivity index (χ0n) is 10.8. The van der Waals surface area contributed by atoms with Crippen LogP contribution in [0.3, 0.4) is 0 Å². The Bertz CT molecular complexity index is 693. The van der Waals surface area contributed by atoms with Gasteiger partial charge in [0.2, 0.25) is 0 Å². The third kappa shape index (κ3) is 2.62. The number of rotatable bonds is 3. The van der Waals surface area contributed by atoms with Gasteiger partial charge >= 0.3 is 0 Å². The highest BCUT2D eigenvalue weighted by atomic mass is 32.2. The largest absolute Gasteiger partial charge is 0.363 e. The summed E-state index contributed by atoms with van der Waals surface area (Å²) in [5.74, 6) is -0.865. The Kier molecular flexibility index (Phi) is 3.62. The predicted molar refractivity (Wildman–Crippen MR) is 80.7 cm³/mol. The number of halogens is 1. The average Bonchev–Trinajstić information content (AvgIpc) is 2.77. The molecule has 0 bridgehead atoms. The SMILES string of the molecule is O=C1SC(Nc2ccccc2F)C(=O)N1c1ccccc1. The molecular formula is C15H11FN2O2S. The zero-order valence-corrected chi connectivity index (χ0v) is 11.6. The fourth-order valence-electron chi connectivity index (χ4n) is 2.03. The first-order chi connectivity index (χ1) is 10.2. The van der Waals surface area contributed by atoms with Gasteiger partial charge in [0.05, 0.1) is 11.4 Å². The van der Waals surface area contributed by atoms with Gasteiger partial charge < -0.3 is 5.32 Å². The average molecular weight is 302 g/mol. The quantitative estimate of drug-likeness (QED) is 0.943. The summed E-state index contributed by atoms with van der Waals surface area (Å²) in [6, 6.07) is 14.7. The van der Waals surface area contributed by atoms with Crippen LogP contribution >= 0.6 is 11.8 Å². The van der Waals surface area contributed by atoms with Crippen molar-refractivity contribution in [3.63, 3.8) is 0 Å². The number of hydrogen-bond acceptors (Lipinski definition) is 4. The van der Waals surface area contributed by atoms with Gasteiger partial charge in [0.1, 0.15) is 5.82 Å². The minimum absolute atomic E-state index is 0.200. The van der Waals surface area contributed by atoms with Crippen molar-refractivity contribution >= 4 is 34.3 Å². The number of hydrogen-bond donors (Lipinski definition) is 1. The van der Waals surface area contributed by atoms with Gasteiger partial charge in [-0.1, -0.05) is 30.3 Å². The van der Waals surface area contributed by atoms with Gasteiger partial charge in [0.25, 0.3) is 11.1 Å². The van der Waals surface area contributed by atoms with Crippen LogP contribution in [0.1, 0.15) is 0 Å². The summed E-state index contributed by atoms with van der Waals surface area (Å²) in [5, 5.41) is 1.57. The van der Waals surface area contributed by atoms with Crippen LogP contribution in [0.2, 0.25) is 0 Å². The molecule has 6 heteroatoms. The monoisotopic (exact) mass is 302 g/mol. The molecule has 0 aromatic heterocycles. The van der Waals surface area contributed by atoms with Gasteiger partial charge in [-0.3, -0.25) is 9.59 Å². The second kappa shape index (κ2) is 5.57. The van der Waals surface area contributed by atoms with Crippen LogP contribution in [0.15, 0.2) is 54.6 Å². The lowest BCUT2D eigenvalue weighted by Crippen LogP contribution is -2.34. The molecule has 2 amide bonds. The molecule has 1 heterocycles. The number of carbonyl (C=O) groups is 2. The van der Waals surface area contributed by atoms with Crippen LogP contribution in [0, 0.1) is 5.82 Å². The zero-order chi connectivity index (χ0) is 14.8. The molecule has 3 rings (SSSR count). The molecule has 106 valence electrons. The molecular weight excluding hydrogens is 291 g/mol. The Labute approximate surface area is 124 Å². The first-order valence-electron chi connectivity index (χ1n) is 6.27. The molecule has 2 aromatic rings. The third-order valence-electron chi connectivity index (χ3n) is 3.02. The highest BCUT2D eigenvalue weighted by Crippen LogP contribution is 2.32. The lowest BCUT2D eigenvalue weighted by atomic mass is 10.3. The lowest BCUT2D eigenvalue weighted by molar-refractivity contribution is -0.116. The molecule has 4 nitrogen and oxygen atoms in total. The molecule has 1 unspecified atom stereocenters. The lowest BCUT2D eigenvalue weighted by Gasteiger charge is -2.15. The van der Waals surface area contributed by atoms with Crippen molar-refractivity contribution in [1.82, 2.24) is 0 Å². The number of thioether (sulfide) groups is 1. The minimum atomic E-state index is -0.824. The second-order valence-corrected chi connectivity index (χ2v) is 5.45. The van der Waals surface area contributed by atoms with E-state index in [1.165, 1.54) is 12.1 Å². The molecule has 2 aromatic carbocycles. The van der Waals surface area contributed by atoms with Crippen LogP contribution in [0.25, 0.3) is 0 Å². The summed E-state index contributed by atoms with van der Waals surface area (Å²) in [6.45, 7) is 0. The van der Waals surface area contributed by atoms with Gasteiger partial charge in [-0.25, -0.2) is 9.29 Å². The number of amides is 2. The van der Waals surface area contributed by atoms with Crippen molar-refractivity contribution in [2.75, 3.05) is 10.2 Å². The highest BCUT2D eigenvalue weighted by molar-refractivity contribution is 8.16. The number of carbonyl (C=O) groups excluding carboxylic acids is 2. The maximum absolute atomic E-state index is 13.6. The van der Waals surface area contributed by atoms with E-state index in [2.05, 4.69) is 5.32 Å². The fourth-order valence-corrected chi connectivity index (χ4v) is 2.93. The molecule has 0 radical (unpaired) electrons. The summed E-state index contributed by atoms with van der Waals surface area (Å²) in [6.07, 6.45) is 0. The normalized spacial score (nSPS) is 18.1. The van der Waals surface area contributed by atoms with E-state index in [-0.39, 0.29) is 10.9 Å². The summed E-state index contributed by atoms with van der Waals surface area (Å²) < 4.78 is 13.6. The standard InChI is InChI=1S/C15H11FN2O2S/c16-11-8-4-5-9-12(11)17-13-14(19)18(15(20)21-13)10-6-2-1-3-7-10/h1-9,13,17H. The van der Waals surface area contributed by atoms with Crippen LogP contribution in [0.4, 0.5) is 20.6 Å². The Morgan fingerprint density at radius 1 is 1.00 bits per heavy atom. The van der Waals surface area contributed by atoms with Crippen LogP contribution in [-0.2, 0) is 4.79 Å². The van der Waals surface area contributed by atoms with E-state index in [9.17, 15) is 14.0 Å². The summed E-state index contributed by atoms with van der Waals surface area (Å²) in [7, 11) is 0. The molecule has 0 spiro atoms. The number of nitrogens with one attached hydrogen (secondary N) is 1. The number of imide groups is 1. The second-order valence-electron chi connectivity index (χ2n) is 4.40. The molecule has 1 fully saturated rings. The Balaban J connectivity index is 1.83. The van der Waals surface area contributed by atoms with Crippen LogP contribution in [-0.4, -0.2) is 16.5 Å². The Hall–Kier alpha value is -2.34. The summed E-state index contributed by atoms with van der Waals surface area (Å²) in [5.41, 5.74) is 0.712. The maximum Gasteiger partial charge on any atom is 0.295 e. The predicted octanol–water partition coefficient (Wildman–Crippen LogP) is 3.46. The van der Waals surface area contributed by atoms with Crippen molar-refractivity contribution in [2.45, 2.75) is 5.37 Å². The first kappa shape index (κ1) is 13.6. The first-order valence-corrected chi connectivity index (χ1v) is 7.15. The summed E-state index contributed by atoms with van der Waals surface area (Å²) >= 11 is 0.840. The van der Waals surface area contributed by atoms with Gasteiger partial charge in [0, 0.05) is 0 Å². The van der Waals surface area contributed by atoms with Crippen molar-refractivity contribution in [1.29, 1.82) is 0 Å². The van der Waals surface area contributed by atoms with E-state index in [1.54, 1.807) is 42.5 Å². The molecule has 21 heavy (non-hydrogen) atoms. The molecule has 1 aliphatic heterocycles. The van der Waals surface area contributed by atoms with Crippen LogP contribution in [0.5, 0.6) is 0 Å². The van der Waals surface area contributed by atoms with Gasteiger partial charge in [-0.15, -0.1) is 0 Å². The maximum atomic E-state index is 13.6. The van der Waals surface area contributed by atoms with Crippen molar-refractivity contribution in [2.24, 2.45) is 0 Å². The van der Waals surface area contributed by atoms with E-state index in [0.717, 1.165) is 16.7 Å². The number of anilines is 2. The molecule has 0 saturated carbocycles. The summed E-state index contributed by atoms with van der Waals surface area (Å²) in [4.78, 5) is 25.4. The molecule has 1 aliphatic rings. The van der Waals surface area contributed by atoms with E-state index < -0.39 is 17.1 Å². The Morgan fingerprint density at radius 2 is 1.67 bits per heavy atom. The Morgan fingerprint density at radius 3 is 2.38 bits per heavy atom. The molecule has 1 atom stereocenters. The van der Waals surface area contributed by atoms with E-state index >= 15 is 0 Å².